The van der Waals surface area contributed by atoms with Gasteiger partial charge in [-0.05, 0) is 36.1 Å². The number of rotatable bonds is 9. The molecule has 9 heteroatoms. The zero-order valence-corrected chi connectivity index (χ0v) is 15.6. The number of nitrogens with one attached hydrogen (secondary N) is 1. The maximum absolute atomic E-state index is 11.8. The van der Waals surface area contributed by atoms with E-state index in [-0.39, 0.29) is 34.8 Å². The first kappa shape index (κ1) is 20.7. The third-order valence-electron chi connectivity index (χ3n) is 4.04. The molecule has 0 saturated heterocycles. The number of hydrogen-bond acceptors (Lipinski definition) is 7. The van der Waals surface area contributed by atoms with E-state index >= 15 is 0 Å². The molecule has 0 unspecified atom stereocenters. The maximum atomic E-state index is 11.8. The molecule has 0 aliphatic carbocycles. The summed E-state index contributed by atoms with van der Waals surface area (Å²) in [5.74, 6) is -0.0375. The molecule has 0 bridgehead atoms. The number of thioether (sulfide) groups is 1. The van der Waals surface area contributed by atoms with Crippen LogP contribution in [-0.4, -0.2) is 15.9 Å². The SMILES string of the molecule is CCC(CC)Nc1c([N+](=O)[O-])cc(C(C)C)c(CSC#N)c1[N+](=O)[O-]. The Morgan fingerprint density at radius 3 is 2.24 bits per heavy atom. The molecule has 0 fully saturated rings. The van der Waals surface area contributed by atoms with Crippen LogP contribution >= 0.6 is 11.8 Å². The minimum Gasteiger partial charge on any atom is -0.371 e. The van der Waals surface area contributed by atoms with Crippen molar-refractivity contribution in [3.63, 3.8) is 0 Å². The van der Waals surface area contributed by atoms with Crippen LogP contribution in [0.15, 0.2) is 6.07 Å². The van der Waals surface area contributed by atoms with E-state index in [1.165, 1.54) is 6.07 Å². The summed E-state index contributed by atoms with van der Waals surface area (Å²) < 4.78 is 0. The van der Waals surface area contributed by atoms with Crippen molar-refractivity contribution in [1.29, 1.82) is 5.26 Å². The molecule has 136 valence electrons. The number of nitrogens with zero attached hydrogens (tertiary/aromatic N) is 3. The number of hydrogen-bond donors (Lipinski definition) is 1. The highest BCUT2D eigenvalue weighted by atomic mass is 32.2. The summed E-state index contributed by atoms with van der Waals surface area (Å²) in [4.78, 5) is 22.1. The van der Waals surface area contributed by atoms with Gasteiger partial charge in [0, 0.05) is 23.4 Å². The number of nitriles is 1. The van der Waals surface area contributed by atoms with Crippen molar-refractivity contribution in [2.24, 2.45) is 0 Å². The van der Waals surface area contributed by atoms with Gasteiger partial charge in [-0.3, -0.25) is 20.2 Å². The number of thiocyanates is 1. The van der Waals surface area contributed by atoms with E-state index in [1.54, 1.807) is 0 Å². The summed E-state index contributed by atoms with van der Waals surface area (Å²) in [6, 6.07) is 1.29. The first-order valence-electron chi connectivity index (χ1n) is 8.04. The lowest BCUT2D eigenvalue weighted by molar-refractivity contribution is -0.392. The van der Waals surface area contributed by atoms with Crippen molar-refractivity contribution in [2.75, 3.05) is 5.32 Å². The van der Waals surface area contributed by atoms with Gasteiger partial charge in [0.25, 0.3) is 5.69 Å². The lowest BCUT2D eigenvalue weighted by Crippen LogP contribution is -2.20. The second-order valence-electron chi connectivity index (χ2n) is 5.89. The van der Waals surface area contributed by atoms with Crippen LogP contribution in [0.1, 0.15) is 57.6 Å². The summed E-state index contributed by atoms with van der Waals surface area (Å²) >= 11 is 0.881. The van der Waals surface area contributed by atoms with Crippen LogP contribution in [0.3, 0.4) is 0 Å². The molecular formula is C16H22N4O4S. The van der Waals surface area contributed by atoms with Crippen molar-refractivity contribution in [3.05, 3.63) is 37.4 Å². The van der Waals surface area contributed by atoms with Crippen LogP contribution in [0.25, 0.3) is 0 Å². The van der Waals surface area contributed by atoms with E-state index in [1.807, 2.05) is 33.1 Å². The first-order valence-corrected chi connectivity index (χ1v) is 9.02. The topological polar surface area (TPSA) is 122 Å². The van der Waals surface area contributed by atoms with E-state index in [0.717, 1.165) is 11.8 Å². The Balaban J connectivity index is 3.78. The number of benzene rings is 1. The van der Waals surface area contributed by atoms with Gasteiger partial charge < -0.3 is 5.32 Å². The predicted molar refractivity (Wildman–Crippen MR) is 98.7 cm³/mol. The largest absolute Gasteiger partial charge is 0.371 e. The molecule has 0 aliphatic rings. The van der Waals surface area contributed by atoms with E-state index in [0.29, 0.717) is 24.0 Å². The molecule has 0 heterocycles. The zero-order valence-electron chi connectivity index (χ0n) is 14.7. The molecule has 0 aliphatic heterocycles. The van der Waals surface area contributed by atoms with E-state index in [2.05, 4.69) is 5.32 Å². The standard InChI is InChI=1S/C16H22N4O4S/c1-5-11(6-2)18-15-14(19(21)22)7-12(10(3)4)13(8-25-9-17)16(15)20(23)24/h7,10-11,18H,5-6,8H2,1-4H3. The third-order valence-corrected chi connectivity index (χ3v) is 4.60. The minimum atomic E-state index is -0.592. The van der Waals surface area contributed by atoms with Crippen molar-refractivity contribution in [3.8, 4) is 5.40 Å². The fraction of sp³-hybridized carbons (Fsp3) is 0.562. The van der Waals surface area contributed by atoms with Gasteiger partial charge in [0.15, 0.2) is 5.69 Å². The second-order valence-corrected chi connectivity index (χ2v) is 6.65. The van der Waals surface area contributed by atoms with Gasteiger partial charge in [0.05, 0.1) is 9.85 Å². The zero-order chi connectivity index (χ0) is 19.1. The fourth-order valence-electron chi connectivity index (χ4n) is 2.67. The molecule has 25 heavy (non-hydrogen) atoms. The van der Waals surface area contributed by atoms with Crippen LogP contribution < -0.4 is 5.32 Å². The summed E-state index contributed by atoms with van der Waals surface area (Å²) in [7, 11) is 0. The Labute approximate surface area is 150 Å². The molecule has 0 amide bonds. The summed E-state index contributed by atoms with van der Waals surface area (Å²) in [5.41, 5.74) is 0.226. The van der Waals surface area contributed by atoms with Gasteiger partial charge in [-0.25, -0.2) is 0 Å². The molecule has 0 spiro atoms. The number of anilines is 1. The summed E-state index contributed by atoms with van der Waals surface area (Å²) in [6.07, 6.45) is 1.36. The van der Waals surface area contributed by atoms with Crippen LogP contribution in [-0.2, 0) is 5.75 Å². The highest BCUT2D eigenvalue weighted by Gasteiger charge is 2.33. The lowest BCUT2D eigenvalue weighted by Gasteiger charge is -2.20. The molecule has 1 rings (SSSR count). The predicted octanol–water partition coefficient (Wildman–Crippen LogP) is 4.94. The van der Waals surface area contributed by atoms with Gasteiger partial charge in [-0.15, -0.1) is 0 Å². The minimum absolute atomic E-state index is 0.0679. The summed E-state index contributed by atoms with van der Waals surface area (Å²) in [5, 5.41) is 37.0. The van der Waals surface area contributed by atoms with Crippen molar-refractivity contribution < 1.29 is 9.85 Å². The Kier molecular flexibility index (Phi) is 7.64. The monoisotopic (exact) mass is 366 g/mol. The highest BCUT2D eigenvalue weighted by molar-refractivity contribution is 8.02. The summed E-state index contributed by atoms with van der Waals surface area (Å²) in [6.45, 7) is 7.45. The van der Waals surface area contributed by atoms with Gasteiger partial charge >= 0.3 is 5.69 Å². The van der Waals surface area contributed by atoms with Crippen LogP contribution in [0.4, 0.5) is 17.1 Å². The fourth-order valence-corrected chi connectivity index (χ4v) is 3.18. The normalized spacial score (nSPS) is 10.8. The average Bonchev–Trinajstić information content (AvgIpc) is 2.56. The van der Waals surface area contributed by atoms with Crippen molar-refractivity contribution >= 4 is 28.8 Å². The van der Waals surface area contributed by atoms with Crippen molar-refractivity contribution in [2.45, 2.75) is 58.2 Å². The maximum Gasteiger partial charge on any atom is 0.303 e. The second kappa shape index (κ2) is 9.22. The molecule has 0 saturated carbocycles. The Hall–Kier alpha value is -2.34. The number of nitro benzene ring substituents is 2. The molecule has 1 N–H and O–H groups in total. The molecule has 1 aromatic rings. The molecule has 0 radical (unpaired) electrons. The third kappa shape index (κ3) is 4.82. The van der Waals surface area contributed by atoms with Gasteiger partial charge in [-0.2, -0.15) is 5.26 Å². The van der Waals surface area contributed by atoms with E-state index in [4.69, 9.17) is 5.26 Å². The number of nitro groups is 2. The molecule has 0 atom stereocenters. The van der Waals surface area contributed by atoms with Crippen LogP contribution in [0, 0.1) is 30.9 Å². The van der Waals surface area contributed by atoms with Gasteiger partial charge in [0.1, 0.15) is 5.40 Å². The van der Waals surface area contributed by atoms with Crippen LogP contribution in [0.2, 0.25) is 0 Å². The van der Waals surface area contributed by atoms with Gasteiger partial charge in [-0.1, -0.05) is 27.7 Å². The van der Waals surface area contributed by atoms with E-state index in [9.17, 15) is 20.2 Å². The highest BCUT2D eigenvalue weighted by Crippen LogP contribution is 2.43. The Morgan fingerprint density at radius 2 is 1.84 bits per heavy atom. The molecule has 1 aromatic carbocycles. The Morgan fingerprint density at radius 1 is 1.24 bits per heavy atom. The molecule has 0 aromatic heterocycles. The van der Waals surface area contributed by atoms with Gasteiger partial charge in [0.2, 0.25) is 0 Å². The average molecular weight is 366 g/mol. The van der Waals surface area contributed by atoms with Crippen molar-refractivity contribution in [1.82, 2.24) is 0 Å². The first-order chi connectivity index (χ1) is 11.8. The molecule has 8 nitrogen and oxygen atoms in total. The Bertz CT molecular complexity index is 696. The quantitative estimate of drug-likeness (QED) is 0.373. The lowest BCUT2D eigenvalue weighted by atomic mass is 9.94. The van der Waals surface area contributed by atoms with Crippen LogP contribution in [0.5, 0.6) is 0 Å². The molecular weight excluding hydrogens is 344 g/mol. The van der Waals surface area contributed by atoms with E-state index < -0.39 is 9.85 Å². The smallest absolute Gasteiger partial charge is 0.303 e.